The molecular formula is C28H30CoF2N3O3-. The zero-order valence-corrected chi connectivity index (χ0v) is 21.3. The van der Waals surface area contributed by atoms with Crippen LogP contribution < -0.4 is 11.1 Å². The average Bonchev–Trinajstić information content (AvgIpc) is 3.55. The minimum atomic E-state index is -0.722. The number of amides is 2. The van der Waals surface area contributed by atoms with Crippen molar-refractivity contribution in [3.05, 3.63) is 66.2 Å². The molecule has 2 heterocycles. The number of likely N-dealkylation sites (tertiary alicyclic amines) is 1. The summed E-state index contributed by atoms with van der Waals surface area (Å²) in [6, 6.07) is 11.9. The second-order valence-electron chi connectivity index (χ2n) is 9.96. The van der Waals surface area contributed by atoms with Crippen LogP contribution in [0.4, 0.5) is 14.5 Å². The van der Waals surface area contributed by atoms with E-state index in [1.807, 2.05) is 0 Å². The monoisotopic (exact) mass is 553 g/mol. The Morgan fingerprint density at radius 1 is 1.11 bits per heavy atom. The summed E-state index contributed by atoms with van der Waals surface area (Å²) in [4.78, 5) is 29.0. The van der Waals surface area contributed by atoms with Gasteiger partial charge in [-0.1, -0.05) is 24.3 Å². The van der Waals surface area contributed by atoms with E-state index in [0.717, 1.165) is 10.9 Å². The average molecular weight is 553 g/mol. The van der Waals surface area contributed by atoms with Crippen LogP contribution in [-0.2, 0) is 26.4 Å². The fourth-order valence-electron chi connectivity index (χ4n) is 5.78. The van der Waals surface area contributed by atoms with Crippen LogP contribution in [0.2, 0.25) is 0 Å². The molecule has 1 radical (unpaired) electrons. The molecule has 1 unspecified atom stereocenters. The summed E-state index contributed by atoms with van der Waals surface area (Å²) in [5.74, 6) is -1.06. The molecule has 1 aliphatic carbocycles. The van der Waals surface area contributed by atoms with Gasteiger partial charge in [0.05, 0.1) is 0 Å². The number of carbonyl (C=O) groups is 2. The van der Waals surface area contributed by atoms with Crippen LogP contribution in [0.5, 0.6) is 0 Å². The van der Waals surface area contributed by atoms with Gasteiger partial charge in [-0.05, 0) is 73.6 Å². The van der Waals surface area contributed by atoms with Gasteiger partial charge >= 0.3 is 0 Å². The van der Waals surface area contributed by atoms with Gasteiger partial charge in [0.2, 0.25) is 11.8 Å². The van der Waals surface area contributed by atoms with Gasteiger partial charge in [-0.2, -0.15) is 0 Å². The molecule has 0 spiro atoms. The van der Waals surface area contributed by atoms with E-state index in [9.17, 15) is 18.4 Å². The molecule has 1 aliphatic heterocycles. The Hall–Kier alpha value is -2.75. The molecule has 5 rings (SSSR count). The SMILES string of the molecule is NC(CF)C1CCC(C(=O)N2CC[C@@H](c3ccc(F)cc3)[C@H]2C(=O)Nc2ccc3o[c-]cc3c2)CC1.[Co]. The fourth-order valence-corrected chi connectivity index (χ4v) is 5.78. The van der Waals surface area contributed by atoms with Crippen molar-refractivity contribution in [2.75, 3.05) is 18.5 Å². The van der Waals surface area contributed by atoms with Crippen molar-refractivity contribution in [3.8, 4) is 0 Å². The maximum absolute atomic E-state index is 13.6. The van der Waals surface area contributed by atoms with E-state index in [2.05, 4.69) is 11.6 Å². The van der Waals surface area contributed by atoms with Gasteiger partial charge in [-0.3, -0.25) is 9.59 Å². The molecule has 3 aromatic rings. The Balaban J connectivity index is 0.00000320. The third-order valence-electron chi connectivity index (χ3n) is 7.81. The number of nitrogens with two attached hydrogens (primary N) is 1. The van der Waals surface area contributed by atoms with Gasteiger partial charge in [0.15, 0.2) is 0 Å². The van der Waals surface area contributed by atoms with Crippen molar-refractivity contribution in [2.24, 2.45) is 17.6 Å². The van der Waals surface area contributed by atoms with Crippen LogP contribution in [0.1, 0.15) is 43.6 Å². The number of anilines is 1. The molecule has 3 N–H and O–H groups in total. The second-order valence-corrected chi connectivity index (χ2v) is 9.96. The molecule has 2 fully saturated rings. The molecule has 9 heteroatoms. The Morgan fingerprint density at radius 2 is 1.84 bits per heavy atom. The number of rotatable bonds is 6. The molecule has 2 aliphatic rings. The van der Waals surface area contributed by atoms with E-state index in [1.54, 1.807) is 41.3 Å². The van der Waals surface area contributed by atoms with Crippen LogP contribution >= 0.6 is 0 Å². The molecule has 2 amide bonds. The number of hydrogen-bond donors (Lipinski definition) is 2. The summed E-state index contributed by atoms with van der Waals surface area (Å²) >= 11 is 0. The largest absolute Gasteiger partial charge is 0.591 e. The summed E-state index contributed by atoms with van der Waals surface area (Å²) in [6.45, 7) is -0.113. The first-order valence-corrected chi connectivity index (χ1v) is 12.5. The predicted octanol–water partition coefficient (Wildman–Crippen LogP) is 4.80. The first-order chi connectivity index (χ1) is 17.4. The summed E-state index contributed by atoms with van der Waals surface area (Å²) < 4.78 is 31.9. The number of nitrogens with zero attached hydrogens (tertiary/aromatic N) is 1. The summed E-state index contributed by atoms with van der Waals surface area (Å²) in [7, 11) is 0. The van der Waals surface area contributed by atoms with Crippen molar-refractivity contribution < 1.29 is 39.6 Å². The summed E-state index contributed by atoms with van der Waals surface area (Å²) in [5, 5.41) is 3.78. The minimum Gasteiger partial charge on any atom is -0.591 e. The number of nitrogens with one attached hydrogen (secondary N) is 1. The first-order valence-electron chi connectivity index (χ1n) is 12.5. The Bertz CT molecular complexity index is 1230. The molecule has 1 aromatic heterocycles. The van der Waals surface area contributed by atoms with Crippen LogP contribution in [-0.4, -0.2) is 42.0 Å². The molecule has 1 saturated carbocycles. The second kappa shape index (κ2) is 11.7. The predicted molar refractivity (Wildman–Crippen MR) is 132 cm³/mol. The molecule has 3 atom stereocenters. The van der Waals surface area contributed by atoms with Gasteiger partial charge in [0.1, 0.15) is 18.5 Å². The molecule has 199 valence electrons. The number of fused-ring (bicyclic) bond motifs is 1. The van der Waals surface area contributed by atoms with Crippen molar-refractivity contribution in [1.82, 2.24) is 4.90 Å². The third-order valence-corrected chi connectivity index (χ3v) is 7.81. The van der Waals surface area contributed by atoms with Crippen molar-refractivity contribution in [3.63, 3.8) is 0 Å². The van der Waals surface area contributed by atoms with E-state index >= 15 is 0 Å². The van der Waals surface area contributed by atoms with Crippen LogP contribution in [0, 0.1) is 23.9 Å². The van der Waals surface area contributed by atoms with Gasteiger partial charge in [-0.15, -0.1) is 11.5 Å². The van der Waals surface area contributed by atoms with Crippen LogP contribution in [0.15, 0.2) is 52.9 Å². The van der Waals surface area contributed by atoms with E-state index in [4.69, 9.17) is 10.2 Å². The number of hydrogen-bond acceptors (Lipinski definition) is 4. The van der Waals surface area contributed by atoms with Crippen LogP contribution in [0.25, 0.3) is 11.0 Å². The van der Waals surface area contributed by atoms with Gasteiger partial charge in [0, 0.05) is 46.9 Å². The van der Waals surface area contributed by atoms with Crippen LogP contribution in [0.3, 0.4) is 0 Å². The summed E-state index contributed by atoms with van der Waals surface area (Å²) in [5.41, 5.74) is 7.98. The van der Waals surface area contributed by atoms with Gasteiger partial charge in [0.25, 0.3) is 0 Å². The van der Waals surface area contributed by atoms with Gasteiger partial charge < -0.3 is 20.4 Å². The van der Waals surface area contributed by atoms with Crippen molar-refractivity contribution in [1.29, 1.82) is 0 Å². The fraction of sp³-hybridized carbons (Fsp3) is 0.429. The number of furan rings is 1. The smallest absolute Gasteiger partial charge is 0.247 e. The number of alkyl halides is 1. The van der Waals surface area contributed by atoms with E-state index < -0.39 is 18.8 Å². The molecule has 6 nitrogen and oxygen atoms in total. The normalized spacial score (nSPS) is 24.5. The Kier molecular flexibility index (Phi) is 8.66. The van der Waals surface area contributed by atoms with E-state index in [0.29, 0.717) is 49.9 Å². The number of carbonyl (C=O) groups excluding carboxylic acids is 2. The van der Waals surface area contributed by atoms with Gasteiger partial charge in [-0.25, -0.2) is 8.78 Å². The molecule has 2 aromatic carbocycles. The molecule has 37 heavy (non-hydrogen) atoms. The maximum atomic E-state index is 13.6. The van der Waals surface area contributed by atoms with E-state index in [-0.39, 0.29) is 52.2 Å². The molecule has 1 saturated heterocycles. The first kappa shape index (κ1) is 27.3. The van der Waals surface area contributed by atoms with Crippen molar-refractivity contribution in [2.45, 2.75) is 50.1 Å². The standard InChI is InChI=1S/C28H30F2N3O3.Co/c29-16-24(31)18-1-3-19(4-2-18)28(35)33-13-11-23(17-5-7-21(30)8-6-17)26(33)27(34)32-22-9-10-25-20(15-22)12-14-36-25;/h5-10,12,15,18-19,23-24,26H,1-4,11,13,16,31H2,(H,32,34);/q-1;/t18?,19?,23-,24?,26-;/m0./s1. The number of benzene rings is 2. The zero-order chi connectivity index (χ0) is 25.2. The van der Waals surface area contributed by atoms with E-state index in [1.165, 1.54) is 12.1 Å². The third kappa shape index (κ3) is 5.73. The summed E-state index contributed by atoms with van der Waals surface area (Å²) in [6.07, 6.45) is 5.96. The minimum absolute atomic E-state index is 0. The molecule has 0 bridgehead atoms. The Labute approximate surface area is 225 Å². The zero-order valence-electron chi connectivity index (χ0n) is 20.3. The molecular weight excluding hydrogens is 523 g/mol. The van der Waals surface area contributed by atoms with Crippen molar-refractivity contribution >= 4 is 28.5 Å². The Morgan fingerprint density at radius 3 is 2.54 bits per heavy atom. The maximum Gasteiger partial charge on any atom is 0.247 e. The topological polar surface area (TPSA) is 88.6 Å². The quantitative estimate of drug-likeness (QED) is 0.430. The number of halogens is 2.